The van der Waals surface area contributed by atoms with E-state index in [9.17, 15) is 0 Å². The van der Waals surface area contributed by atoms with Crippen molar-refractivity contribution in [2.45, 2.75) is 105 Å². The third-order valence-electron chi connectivity index (χ3n) is 4.10. The fourth-order valence-electron chi connectivity index (χ4n) is 2.58. The van der Waals surface area contributed by atoms with Gasteiger partial charge in [0.05, 0.1) is 0 Å². The maximum Gasteiger partial charge on any atom is -0.0383 e. The van der Waals surface area contributed by atoms with Crippen molar-refractivity contribution in [1.82, 2.24) is 0 Å². The lowest BCUT2D eigenvalue weighted by Crippen LogP contribution is -2.09. The molecule has 0 N–H and O–H groups in total. The minimum absolute atomic E-state index is 0.521. The summed E-state index contributed by atoms with van der Waals surface area (Å²) in [6.07, 6.45) is 15.8. The van der Waals surface area contributed by atoms with Crippen molar-refractivity contribution in [3.63, 3.8) is 0 Å². The summed E-state index contributed by atoms with van der Waals surface area (Å²) in [4.78, 5) is 0. The molecule has 0 aliphatic carbocycles. The molecule has 0 nitrogen and oxygen atoms in total. The summed E-state index contributed by atoms with van der Waals surface area (Å²) in [6.45, 7) is 11.8. The van der Waals surface area contributed by atoms with Crippen molar-refractivity contribution < 1.29 is 0 Å². The molecule has 0 amide bonds. The van der Waals surface area contributed by atoms with Crippen LogP contribution in [0.5, 0.6) is 0 Å². The highest BCUT2D eigenvalue weighted by atomic mass is 14.2. The zero-order chi connectivity index (χ0) is 13.9. The van der Waals surface area contributed by atoms with Gasteiger partial charge in [-0.25, -0.2) is 0 Å². The van der Waals surface area contributed by atoms with Crippen LogP contribution >= 0.6 is 0 Å². The normalized spacial score (nSPS) is 13.8. The standard InChI is InChI=1S/C18H38/c1-6-8-9-10-11-12-13-14-17(7-2)15-16-18(3,4)5/h17H,6-16H2,1-5H3. The second-order valence-electron chi connectivity index (χ2n) is 7.28. The van der Waals surface area contributed by atoms with Crippen molar-refractivity contribution in [3.05, 3.63) is 0 Å². The lowest BCUT2D eigenvalue weighted by Gasteiger charge is -2.22. The predicted octanol–water partition coefficient (Wildman–Crippen LogP) is 6.98. The topological polar surface area (TPSA) is 0 Å². The molecular weight excluding hydrogens is 216 g/mol. The first kappa shape index (κ1) is 18.0. The van der Waals surface area contributed by atoms with Crippen molar-refractivity contribution in [1.29, 1.82) is 0 Å². The second kappa shape index (κ2) is 10.9. The lowest BCUT2D eigenvalue weighted by molar-refractivity contribution is 0.303. The number of rotatable bonds is 11. The Morgan fingerprint density at radius 2 is 1.28 bits per heavy atom. The van der Waals surface area contributed by atoms with Crippen molar-refractivity contribution in [2.75, 3.05) is 0 Å². The Morgan fingerprint density at radius 3 is 1.78 bits per heavy atom. The van der Waals surface area contributed by atoms with E-state index in [0.717, 1.165) is 5.92 Å². The number of hydrogen-bond acceptors (Lipinski definition) is 0. The van der Waals surface area contributed by atoms with Gasteiger partial charge in [0.15, 0.2) is 0 Å². The van der Waals surface area contributed by atoms with Crippen LogP contribution in [0.4, 0.5) is 0 Å². The van der Waals surface area contributed by atoms with E-state index < -0.39 is 0 Å². The van der Waals surface area contributed by atoms with Gasteiger partial charge in [-0.2, -0.15) is 0 Å². The van der Waals surface area contributed by atoms with Gasteiger partial charge >= 0.3 is 0 Å². The molecule has 0 aromatic carbocycles. The van der Waals surface area contributed by atoms with E-state index in [-0.39, 0.29) is 0 Å². The summed E-state index contributed by atoms with van der Waals surface area (Å²) in [7, 11) is 0. The first-order valence-corrected chi connectivity index (χ1v) is 8.49. The monoisotopic (exact) mass is 254 g/mol. The fourth-order valence-corrected chi connectivity index (χ4v) is 2.58. The summed E-state index contributed by atoms with van der Waals surface area (Å²) >= 11 is 0. The Kier molecular flexibility index (Phi) is 10.9. The molecule has 0 heteroatoms. The van der Waals surface area contributed by atoms with Gasteiger partial charge in [0.25, 0.3) is 0 Å². The van der Waals surface area contributed by atoms with Gasteiger partial charge in [0.2, 0.25) is 0 Å². The smallest absolute Gasteiger partial charge is 0.0383 e. The molecule has 1 atom stereocenters. The molecule has 0 saturated carbocycles. The van der Waals surface area contributed by atoms with Gasteiger partial charge < -0.3 is 0 Å². The van der Waals surface area contributed by atoms with Gasteiger partial charge in [-0.15, -0.1) is 0 Å². The maximum atomic E-state index is 2.37. The van der Waals surface area contributed by atoms with Crippen LogP contribution in [-0.4, -0.2) is 0 Å². The van der Waals surface area contributed by atoms with Crippen LogP contribution in [-0.2, 0) is 0 Å². The second-order valence-corrected chi connectivity index (χ2v) is 7.28. The predicted molar refractivity (Wildman–Crippen MR) is 85.1 cm³/mol. The molecule has 0 aliphatic heterocycles. The van der Waals surface area contributed by atoms with E-state index >= 15 is 0 Å². The number of unbranched alkanes of at least 4 members (excludes halogenated alkanes) is 6. The first-order chi connectivity index (χ1) is 8.49. The van der Waals surface area contributed by atoms with Crippen molar-refractivity contribution in [2.24, 2.45) is 11.3 Å². The van der Waals surface area contributed by atoms with Crippen LogP contribution in [0, 0.1) is 11.3 Å². The zero-order valence-electron chi connectivity index (χ0n) is 13.9. The van der Waals surface area contributed by atoms with E-state index in [0.29, 0.717) is 5.41 Å². The first-order valence-electron chi connectivity index (χ1n) is 8.49. The molecule has 0 rings (SSSR count). The highest BCUT2D eigenvalue weighted by molar-refractivity contribution is 4.66. The molecule has 0 fully saturated rings. The number of hydrogen-bond donors (Lipinski definition) is 0. The average Bonchev–Trinajstić information content (AvgIpc) is 2.30. The Bertz CT molecular complexity index is 163. The van der Waals surface area contributed by atoms with E-state index in [4.69, 9.17) is 0 Å². The minimum atomic E-state index is 0.521. The van der Waals surface area contributed by atoms with Gasteiger partial charge in [-0.05, 0) is 24.2 Å². The largest absolute Gasteiger partial charge is 0.0654 e. The SMILES string of the molecule is CCCCCCCCCC(CC)CCC(C)(C)C. The van der Waals surface area contributed by atoms with E-state index in [1.165, 1.54) is 70.6 Å². The zero-order valence-corrected chi connectivity index (χ0v) is 13.9. The Morgan fingerprint density at radius 1 is 0.722 bits per heavy atom. The Labute approximate surface area is 117 Å². The average molecular weight is 255 g/mol. The molecular formula is C18H38. The fraction of sp³-hybridized carbons (Fsp3) is 1.00. The molecule has 0 aromatic heterocycles. The quantitative estimate of drug-likeness (QED) is 0.349. The molecule has 0 saturated heterocycles. The van der Waals surface area contributed by atoms with Crippen LogP contribution in [0.1, 0.15) is 105 Å². The van der Waals surface area contributed by atoms with Crippen LogP contribution in [0.2, 0.25) is 0 Å². The highest BCUT2D eigenvalue weighted by Crippen LogP contribution is 2.27. The summed E-state index contributed by atoms with van der Waals surface area (Å²) in [6, 6.07) is 0. The lowest BCUT2D eigenvalue weighted by atomic mass is 9.84. The Balaban J connectivity index is 3.44. The molecule has 18 heavy (non-hydrogen) atoms. The highest BCUT2D eigenvalue weighted by Gasteiger charge is 2.13. The molecule has 0 bridgehead atoms. The van der Waals surface area contributed by atoms with E-state index in [1.54, 1.807) is 0 Å². The summed E-state index contributed by atoms with van der Waals surface area (Å²) < 4.78 is 0. The summed E-state index contributed by atoms with van der Waals surface area (Å²) in [5, 5.41) is 0. The minimum Gasteiger partial charge on any atom is -0.0654 e. The van der Waals surface area contributed by atoms with Crippen LogP contribution in [0.25, 0.3) is 0 Å². The van der Waals surface area contributed by atoms with Crippen LogP contribution in [0.3, 0.4) is 0 Å². The van der Waals surface area contributed by atoms with Gasteiger partial charge in [0, 0.05) is 0 Å². The summed E-state index contributed by atoms with van der Waals surface area (Å²) in [5.41, 5.74) is 0.521. The molecule has 0 heterocycles. The van der Waals surface area contributed by atoms with Gasteiger partial charge in [0.1, 0.15) is 0 Å². The molecule has 1 unspecified atom stereocenters. The van der Waals surface area contributed by atoms with E-state index in [1.807, 2.05) is 0 Å². The van der Waals surface area contributed by atoms with Crippen LogP contribution < -0.4 is 0 Å². The van der Waals surface area contributed by atoms with Crippen molar-refractivity contribution in [3.8, 4) is 0 Å². The van der Waals surface area contributed by atoms with Gasteiger partial charge in [-0.3, -0.25) is 0 Å². The Hall–Kier alpha value is 0. The molecule has 110 valence electrons. The summed E-state index contributed by atoms with van der Waals surface area (Å²) in [5.74, 6) is 0.986. The van der Waals surface area contributed by atoms with Gasteiger partial charge in [-0.1, -0.05) is 92.4 Å². The maximum absolute atomic E-state index is 2.37. The molecule has 0 spiro atoms. The van der Waals surface area contributed by atoms with E-state index in [2.05, 4.69) is 34.6 Å². The van der Waals surface area contributed by atoms with Crippen LogP contribution in [0.15, 0.2) is 0 Å². The molecule has 0 aliphatic rings. The molecule has 0 radical (unpaired) electrons. The van der Waals surface area contributed by atoms with Crippen molar-refractivity contribution >= 4 is 0 Å². The third-order valence-corrected chi connectivity index (χ3v) is 4.10. The third kappa shape index (κ3) is 12.5. The molecule has 0 aromatic rings.